The van der Waals surface area contributed by atoms with Crippen molar-refractivity contribution in [3.05, 3.63) is 88.5 Å². The molecule has 4 heterocycles. The van der Waals surface area contributed by atoms with Gasteiger partial charge in [-0.3, -0.25) is 13.9 Å². The lowest BCUT2D eigenvalue weighted by Crippen LogP contribution is -2.36. The number of aryl methyl sites for hydroxylation is 2. The number of unbranched alkanes of at least 4 members (excludes halogenated alkanes) is 1. The molecule has 0 unspecified atom stereocenters. The third-order valence-electron chi connectivity index (χ3n) is 6.94. The number of allylic oxidation sites excluding steroid dienone is 2. The molecule has 2 N–H and O–H groups in total. The van der Waals surface area contributed by atoms with E-state index >= 15 is 0 Å². The predicted molar refractivity (Wildman–Crippen MR) is 143 cm³/mol. The Morgan fingerprint density at radius 2 is 1.97 bits per heavy atom. The lowest BCUT2D eigenvalue weighted by Gasteiger charge is -2.31. The Hall–Kier alpha value is -4.54. The van der Waals surface area contributed by atoms with Crippen LogP contribution in [0.1, 0.15) is 55.2 Å². The summed E-state index contributed by atoms with van der Waals surface area (Å²) in [4.78, 5) is 26.5. The zero-order valence-corrected chi connectivity index (χ0v) is 21.8. The number of nitrogens with zero attached hydrogens (tertiary/aromatic N) is 7. The highest BCUT2D eigenvalue weighted by atomic mass is 16.2. The second-order valence-electron chi connectivity index (χ2n) is 9.41. The summed E-state index contributed by atoms with van der Waals surface area (Å²) in [6, 6.07) is 7.95. The molecule has 0 fully saturated rings. The smallest absolute Gasteiger partial charge is 0.334 e. The van der Waals surface area contributed by atoms with Gasteiger partial charge >= 0.3 is 5.69 Å². The van der Waals surface area contributed by atoms with Gasteiger partial charge in [-0.05, 0) is 55.9 Å². The van der Waals surface area contributed by atoms with Crippen LogP contribution < -0.4 is 11.0 Å². The van der Waals surface area contributed by atoms with Crippen molar-refractivity contribution in [2.75, 3.05) is 0 Å². The largest absolute Gasteiger partial charge is 0.368 e. The quantitative estimate of drug-likeness (QED) is 0.312. The van der Waals surface area contributed by atoms with Crippen LogP contribution in [0.25, 0.3) is 17.2 Å². The Kier molecular flexibility index (Phi) is 6.91. The number of aromatic nitrogens is 8. The number of aromatic amines is 1. The summed E-state index contributed by atoms with van der Waals surface area (Å²) < 4.78 is 5.10. The lowest BCUT2D eigenvalue weighted by atomic mass is 9.78. The van der Waals surface area contributed by atoms with Crippen molar-refractivity contribution in [3.8, 4) is 17.2 Å². The van der Waals surface area contributed by atoms with Gasteiger partial charge in [0, 0.05) is 30.5 Å². The van der Waals surface area contributed by atoms with Crippen molar-refractivity contribution in [1.29, 1.82) is 0 Å². The molecule has 0 bridgehead atoms. The Morgan fingerprint density at radius 3 is 2.66 bits per heavy atom. The third kappa shape index (κ3) is 4.51. The molecule has 0 aliphatic carbocycles. The van der Waals surface area contributed by atoms with Gasteiger partial charge in [0.05, 0.1) is 17.2 Å². The van der Waals surface area contributed by atoms with Crippen LogP contribution in [0.3, 0.4) is 0 Å². The van der Waals surface area contributed by atoms with Gasteiger partial charge in [-0.1, -0.05) is 43.7 Å². The fourth-order valence-corrected chi connectivity index (χ4v) is 4.91. The molecule has 3 aromatic heterocycles. The molecule has 0 saturated heterocycles. The van der Waals surface area contributed by atoms with Crippen LogP contribution in [-0.2, 0) is 24.9 Å². The molecule has 1 aliphatic rings. The first-order valence-corrected chi connectivity index (χ1v) is 12.8. The average Bonchev–Trinajstić information content (AvgIpc) is 3.68. The molecular weight excluding hydrogens is 482 g/mol. The lowest BCUT2D eigenvalue weighted by molar-refractivity contribution is 0.101. The number of ketones is 1. The zero-order valence-electron chi connectivity index (χ0n) is 21.8. The first-order valence-electron chi connectivity index (χ1n) is 12.8. The number of Topliss-reactive ketones (excluding diaryl/α,β-unsaturated/α-hetero) is 1. The third-order valence-corrected chi connectivity index (χ3v) is 6.94. The van der Waals surface area contributed by atoms with Crippen LogP contribution in [-0.4, -0.2) is 45.3 Å². The fraction of sp³-hybridized carbons (Fsp3) is 0.333. The van der Waals surface area contributed by atoms with Crippen LogP contribution in [0.4, 0.5) is 0 Å². The van der Waals surface area contributed by atoms with Gasteiger partial charge in [0.2, 0.25) is 5.82 Å². The SMILES string of the molecule is CCCCc1cn(-c2c(C(C)=O)cnn2CC)c(=O)n1CC1(c2cccc(-c3nn[nH]n3)c2)C=CNC=C1. The Bertz CT molecular complexity index is 1540. The highest BCUT2D eigenvalue weighted by Crippen LogP contribution is 2.33. The number of tetrazole rings is 1. The van der Waals surface area contributed by atoms with Crippen LogP contribution in [0.2, 0.25) is 0 Å². The Labute approximate surface area is 219 Å². The van der Waals surface area contributed by atoms with E-state index in [-0.39, 0.29) is 11.5 Å². The summed E-state index contributed by atoms with van der Waals surface area (Å²) in [5, 5.41) is 21.9. The van der Waals surface area contributed by atoms with E-state index in [9.17, 15) is 9.59 Å². The van der Waals surface area contributed by atoms with Crippen molar-refractivity contribution < 1.29 is 4.79 Å². The number of nitrogens with one attached hydrogen (secondary N) is 2. The molecule has 4 aromatic rings. The van der Waals surface area contributed by atoms with Gasteiger partial charge < -0.3 is 5.32 Å². The monoisotopic (exact) mass is 513 g/mol. The second kappa shape index (κ2) is 10.4. The molecule has 1 aromatic carbocycles. The summed E-state index contributed by atoms with van der Waals surface area (Å²) >= 11 is 0. The minimum absolute atomic E-state index is 0.131. The number of imidazole rings is 1. The van der Waals surface area contributed by atoms with Gasteiger partial charge in [0.15, 0.2) is 5.78 Å². The normalized spacial score (nSPS) is 14.1. The minimum Gasteiger partial charge on any atom is -0.368 e. The van der Waals surface area contributed by atoms with Crippen molar-refractivity contribution in [1.82, 2.24) is 44.9 Å². The molecule has 38 heavy (non-hydrogen) atoms. The zero-order chi connectivity index (χ0) is 26.7. The van der Waals surface area contributed by atoms with E-state index in [2.05, 4.69) is 50.1 Å². The Balaban J connectivity index is 1.65. The van der Waals surface area contributed by atoms with E-state index in [1.165, 1.54) is 6.92 Å². The van der Waals surface area contributed by atoms with Crippen LogP contribution in [0.5, 0.6) is 0 Å². The van der Waals surface area contributed by atoms with Gasteiger partial charge in [-0.15, -0.1) is 10.2 Å². The maximum atomic E-state index is 14.1. The molecule has 0 saturated carbocycles. The van der Waals surface area contributed by atoms with Crippen molar-refractivity contribution in [3.63, 3.8) is 0 Å². The number of benzene rings is 1. The molecule has 0 radical (unpaired) electrons. The van der Waals surface area contributed by atoms with Crippen molar-refractivity contribution >= 4 is 5.78 Å². The van der Waals surface area contributed by atoms with Gasteiger partial charge in [0.25, 0.3) is 0 Å². The first kappa shape index (κ1) is 25.1. The number of dihydropyridines is 1. The number of hydrogen-bond donors (Lipinski definition) is 2. The summed E-state index contributed by atoms with van der Waals surface area (Å²) in [5.74, 6) is 0.875. The summed E-state index contributed by atoms with van der Waals surface area (Å²) in [6.07, 6.45) is 14.0. The summed E-state index contributed by atoms with van der Waals surface area (Å²) in [5.41, 5.74) is 2.32. The highest BCUT2D eigenvalue weighted by Gasteiger charge is 2.32. The van der Waals surface area contributed by atoms with E-state index in [1.807, 2.05) is 54.4 Å². The van der Waals surface area contributed by atoms with E-state index in [4.69, 9.17) is 0 Å². The van der Waals surface area contributed by atoms with E-state index in [1.54, 1.807) is 15.4 Å². The van der Waals surface area contributed by atoms with E-state index < -0.39 is 5.41 Å². The molecule has 0 atom stereocenters. The van der Waals surface area contributed by atoms with Gasteiger partial charge in [0.1, 0.15) is 5.82 Å². The van der Waals surface area contributed by atoms with Gasteiger partial charge in [-0.2, -0.15) is 10.3 Å². The molecule has 5 rings (SSSR count). The van der Waals surface area contributed by atoms with E-state index in [0.717, 1.165) is 36.1 Å². The summed E-state index contributed by atoms with van der Waals surface area (Å²) in [6.45, 7) is 6.47. The molecule has 11 nitrogen and oxygen atoms in total. The maximum Gasteiger partial charge on any atom is 0.334 e. The second-order valence-corrected chi connectivity index (χ2v) is 9.41. The van der Waals surface area contributed by atoms with E-state index in [0.29, 0.717) is 30.3 Å². The van der Waals surface area contributed by atoms with Gasteiger partial charge in [-0.25, -0.2) is 9.48 Å². The maximum absolute atomic E-state index is 14.1. The first-order chi connectivity index (χ1) is 18.5. The topological polar surface area (TPSA) is 128 Å². The summed E-state index contributed by atoms with van der Waals surface area (Å²) in [7, 11) is 0. The van der Waals surface area contributed by atoms with Crippen LogP contribution in [0.15, 0.2) is 66.0 Å². The van der Waals surface area contributed by atoms with Crippen molar-refractivity contribution in [2.24, 2.45) is 0 Å². The number of H-pyrrole nitrogens is 1. The number of carbonyl (C=O) groups excluding carboxylic acids is 1. The Morgan fingerprint density at radius 1 is 1.16 bits per heavy atom. The van der Waals surface area contributed by atoms with Crippen LogP contribution in [0, 0.1) is 0 Å². The molecule has 1 aliphatic heterocycles. The average molecular weight is 514 g/mol. The molecule has 0 spiro atoms. The molecule has 0 amide bonds. The standard InChI is InChI=1S/C27H31N9O2/c1-4-6-10-22-17-34(25-23(19(3)37)16-29-36(25)5-2)26(38)35(22)18-27(11-13-28-14-12-27)21-9-7-8-20(15-21)24-30-32-33-31-24/h7-9,11-17,28H,4-6,10,18H2,1-3H3,(H,30,31,32,33). The minimum atomic E-state index is -0.615. The molecule has 196 valence electrons. The molecule has 11 heteroatoms. The number of hydrogen-bond acceptors (Lipinski definition) is 7. The van der Waals surface area contributed by atoms with Crippen LogP contribution >= 0.6 is 0 Å². The fourth-order valence-electron chi connectivity index (χ4n) is 4.91. The number of carbonyl (C=O) groups is 1. The van der Waals surface area contributed by atoms with Crippen molar-refractivity contribution in [2.45, 2.75) is 58.5 Å². The highest BCUT2D eigenvalue weighted by molar-refractivity contribution is 5.96. The number of rotatable bonds is 10. The molecular formula is C27H31N9O2. The predicted octanol–water partition coefficient (Wildman–Crippen LogP) is 3.15.